The van der Waals surface area contributed by atoms with Crippen LogP contribution in [0.4, 0.5) is 0 Å². The summed E-state index contributed by atoms with van der Waals surface area (Å²) in [5.74, 6) is 0.724. The minimum atomic E-state index is 0.724. The molecule has 0 amide bonds. The van der Waals surface area contributed by atoms with Crippen molar-refractivity contribution in [2.45, 2.75) is 0 Å². The van der Waals surface area contributed by atoms with Gasteiger partial charge in [-0.05, 0) is 22.2 Å². The highest BCUT2D eigenvalue weighted by atomic mass is 16.5. The summed E-state index contributed by atoms with van der Waals surface area (Å²) in [4.78, 5) is 4.56. The van der Waals surface area contributed by atoms with Gasteiger partial charge in [0.25, 0.3) is 0 Å². The molecule has 0 atom stereocenters. The molecule has 86 valence electrons. The van der Waals surface area contributed by atoms with E-state index in [1.54, 1.807) is 7.11 Å². The molecule has 0 radical (unpaired) electrons. The van der Waals surface area contributed by atoms with Gasteiger partial charge in [-0.15, -0.1) is 0 Å². The molecule has 0 aliphatic rings. The van der Waals surface area contributed by atoms with Crippen LogP contribution in [0, 0.1) is 0 Å². The fraction of sp³-hybridized carbons (Fsp3) is 0.0625. The van der Waals surface area contributed by atoms with Crippen LogP contribution in [0.2, 0.25) is 0 Å². The summed E-state index contributed by atoms with van der Waals surface area (Å²) in [7, 11) is 1.68. The molecule has 0 saturated heterocycles. The highest BCUT2D eigenvalue weighted by molar-refractivity contribution is 6.31. The average Bonchev–Trinajstić information content (AvgIpc) is 2.84. The van der Waals surface area contributed by atoms with Gasteiger partial charge in [0.1, 0.15) is 0 Å². The SMILES string of the molecule is COc1nc2ccccc3c4ccccc4c1c23. The lowest BCUT2D eigenvalue weighted by Crippen LogP contribution is -1.81. The van der Waals surface area contributed by atoms with Gasteiger partial charge in [-0.1, -0.05) is 42.5 Å². The molecule has 1 heterocycles. The first-order valence-corrected chi connectivity index (χ1v) is 5.96. The third-order valence-electron chi connectivity index (χ3n) is 3.52. The van der Waals surface area contributed by atoms with Crippen LogP contribution >= 0.6 is 0 Å². The fourth-order valence-corrected chi connectivity index (χ4v) is 2.79. The molecule has 3 aromatic carbocycles. The summed E-state index contributed by atoms with van der Waals surface area (Å²) in [5.41, 5.74) is 0.998. The molecule has 0 unspecified atom stereocenters. The van der Waals surface area contributed by atoms with E-state index in [2.05, 4.69) is 41.4 Å². The monoisotopic (exact) mass is 233 g/mol. The topological polar surface area (TPSA) is 22.1 Å². The smallest absolute Gasteiger partial charge is 0.222 e. The van der Waals surface area contributed by atoms with Gasteiger partial charge in [0, 0.05) is 5.39 Å². The highest BCUT2D eigenvalue weighted by Gasteiger charge is 2.17. The highest BCUT2D eigenvalue weighted by Crippen LogP contribution is 2.42. The molecule has 0 fully saturated rings. The quantitative estimate of drug-likeness (QED) is 0.496. The average molecular weight is 233 g/mol. The molecule has 4 aromatic rings. The largest absolute Gasteiger partial charge is 0.481 e. The molecular weight excluding hydrogens is 222 g/mol. The van der Waals surface area contributed by atoms with Crippen LogP contribution < -0.4 is 4.74 Å². The second-order valence-corrected chi connectivity index (χ2v) is 4.43. The van der Waals surface area contributed by atoms with E-state index in [9.17, 15) is 0 Å². The number of fused-ring (bicyclic) bond motifs is 3. The van der Waals surface area contributed by atoms with Crippen LogP contribution in [0.5, 0.6) is 5.88 Å². The van der Waals surface area contributed by atoms with E-state index in [0.29, 0.717) is 0 Å². The molecule has 0 aliphatic heterocycles. The molecule has 0 saturated carbocycles. The Balaban J connectivity index is 2.44. The molecular formula is C16H11NO. The van der Waals surface area contributed by atoms with E-state index in [4.69, 9.17) is 4.74 Å². The van der Waals surface area contributed by atoms with Crippen molar-refractivity contribution >= 4 is 32.4 Å². The zero-order valence-corrected chi connectivity index (χ0v) is 9.97. The molecule has 18 heavy (non-hydrogen) atoms. The van der Waals surface area contributed by atoms with Crippen LogP contribution in [-0.2, 0) is 0 Å². The third kappa shape index (κ3) is 1.05. The summed E-state index contributed by atoms with van der Waals surface area (Å²) >= 11 is 0. The van der Waals surface area contributed by atoms with Crippen molar-refractivity contribution in [3.8, 4) is 5.88 Å². The Hall–Kier alpha value is -2.35. The Morgan fingerprint density at radius 1 is 0.778 bits per heavy atom. The van der Waals surface area contributed by atoms with Crippen molar-refractivity contribution in [3.05, 3.63) is 48.5 Å². The Morgan fingerprint density at radius 3 is 2.11 bits per heavy atom. The van der Waals surface area contributed by atoms with Gasteiger partial charge in [0.15, 0.2) is 0 Å². The number of rotatable bonds is 1. The molecule has 1 aromatic heterocycles. The number of nitrogens with zero attached hydrogens (tertiary/aromatic N) is 1. The standard InChI is InChI=1S/C16H11NO/c1-18-16-15-12-8-3-2-6-10(12)11-7-4-5-9-13(17-16)14(11)15/h2-9H,1H3. The number of benzene rings is 1. The Bertz CT molecular complexity index is 867. The van der Waals surface area contributed by atoms with E-state index < -0.39 is 0 Å². The number of hydrogen-bond acceptors (Lipinski definition) is 2. The number of aromatic nitrogens is 1. The predicted octanol–water partition coefficient (Wildman–Crippen LogP) is 3.99. The maximum absolute atomic E-state index is 5.43. The van der Waals surface area contributed by atoms with E-state index in [1.165, 1.54) is 21.5 Å². The summed E-state index contributed by atoms with van der Waals surface area (Å²) in [6.45, 7) is 0. The summed E-state index contributed by atoms with van der Waals surface area (Å²) < 4.78 is 5.43. The van der Waals surface area contributed by atoms with Crippen molar-refractivity contribution in [1.82, 2.24) is 4.98 Å². The van der Waals surface area contributed by atoms with Crippen molar-refractivity contribution in [2.75, 3.05) is 7.11 Å². The van der Waals surface area contributed by atoms with Crippen molar-refractivity contribution in [2.24, 2.45) is 0 Å². The van der Waals surface area contributed by atoms with Gasteiger partial charge in [0.05, 0.1) is 18.0 Å². The van der Waals surface area contributed by atoms with Crippen LogP contribution in [0.15, 0.2) is 48.5 Å². The van der Waals surface area contributed by atoms with Gasteiger partial charge >= 0.3 is 0 Å². The van der Waals surface area contributed by atoms with E-state index in [1.807, 2.05) is 12.1 Å². The van der Waals surface area contributed by atoms with E-state index in [-0.39, 0.29) is 0 Å². The maximum atomic E-state index is 5.43. The zero-order valence-electron chi connectivity index (χ0n) is 9.97. The molecule has 4 rings (SSSR count). The lowest BCUT2D eigenvalue weighted by atomic mass is 10.2. The Kier molecular flexibility index (Phi) is 1.78. The molecule has 2 heteroatoms. The third-order valence-corrected chi connectivity index (χ3v) is 3.52. The maximum Gasteiger partial charge on any atom is 0.222 e. The van der Waals surface area contributed by atoms with Gasteiger partial charge in [0.2, 0.25) is 5.88 Å². The minimum Gasteiger partial charge on any atom is -0.481 e. The van der Waals surface area contributed by atoms with Crippen LogP contribution in [0.25, 0.3) is 32.4 Å². The predicted molar refractivity (Wildman–Crippen MR) is 74.5 cm³/mol. The fourth-order valence-electron chi connectivity index (χ4n) is 2.79. The zero-order chi connectivity index (χ0) is 12.1. The van der Waals surface area contributed by atoms with E-state index >= 15 is 0 Å². The number of methoxy groups -OCH3 is 1. The van der Waals surface area contributed by atoms with Crippen molar-refractivity contribution in [1.29, 1.82) is 0 Å². The van der Waals surface area contributed by atoms with Gasteiger partial charge < -0.3 is 4.74 Å². The Morgan fingerprint density at radius 2 is 1.39 bits per heavy atom. The van der Waals surface area contributed by atoms with Crippen LogP contribution in [0.3, 0.4) is 0 Å². The minimum absolute atomic E-state index is 0.724. The summed E-state index contributed by atoms with van der Waals surface area (Å²) in [6, 6.07) is 16.7. The molecule has 2 nitrogen and oxygen atoms in total. The summed E-state index contributed by atoms with van der Waals surface area (Å²) in [6.07, 6.45) is 0. The first-order valence-electron chi connectivity index (χ1n) is 5.96. The number of hydrogen-bond donors (Lipinski definition) is 0. The molecule has 0 bridgehead atoms. The second kappa shape index (κ2) is 3.33. The van der Waals surface area contributed by atoms with Gasteiger partial charge in [-0.2, -0.15) is 0 Å². The number of ether oxygens (including phenoxy) is 1. The lowest BCUT2D eigenvalue weighted by molar-refractivity contribution is 0.406. The summed E-state index contributed by atoms with van der Waals surface area (Å²) in [5, 5.41) is 6.08. The molecule has 0 aliphatic carbocycles. The molecule has 0 spiro atoms. The van der Waals surface area contributed by atoms with E-state index in [0.717, 1.165) is 16.8 Å². The van der Waals surface area contributed by atoms with Crippen LogP contribution in [-0.4, -0.2) is 12.1 Å². The normalized spacial score (nSPS) is 11.6. The van der Waals surface area contributed by atoms with Crippen molar-refractivity contribution < 1.29 is 4.74 Å². The van der Waals surface area contributed by atoms with Gasteiger partial charge in [-0.3, -0.25) is 0 Å². The molecule has 0 N–H and O–H groups in total. The first-order chi connectivity index (χ1) is 8.90. The van der Waals surface area contributed by atoms with Crippen LogP contribution in [0.1, 0.15) is 0 Å². The Labute approximate surface area is 104 Å². The first kappa shape index (κ1) is 9.66. The second-order valence-electron chi connectivity index (χ2n) is 4.43. The van der Waals surface area contributed by atoms with Crippen molar-refractivity contribution in [3.63, 3.8) is 0 Å². The van der Waals surface area contributed by atoms with Gasteiger partial charge in [-0.25, -0.2) is 4.98 Å². The lowest BCUT2D eigenvalue weighted by Gasteiger charge is -1.94.